The van der Waals surface area contributed by atoms with E-state index in [0.29, 0.717) is 23.3 Å². The van der Waals surface area contributed by atoms with Gasteiger partial charge in [-0.2, -0.15) is 0 Å². The number of rotatable bonds is 19. The maximum atomic E-state index is 15.6. The largest absolute Gasteiger partial charge is 0.494 e. The molecule has 0 spiro atoms. The van der Waals surface area contributed by atoms with Crippen molar-refractivity contribution in [2.24, 2.45) is 11.3 Å². The Morgan fingerprint density at radius 3 is 2.49 bits per heavy atom. The van der Waals surface area contributed by atoms with Gasteiger partial charge >= 0.3 is 0 Å². The number of Topliss-reactive ketones (excluding diaryl/α,β-unsaturated/α-hetero) is 1. The Balaban J connectivity index is 0.947. The molecule has 1 aliphatic heterocycles. The average Bonchev–Trinajstić information content (AvgIpc) is 4.04. The van der Waals surface area contributed by atoms with Gasteiger partial charge in [0.25, 0.3) is 0 Å². The van der Waals surface area contributed by atoms with Crippen molar-refractivity contribution in [2.75, 3.05) is 23.6 Å². The van der Waals surface area contributed by atoms with Gasteiger partial charge in [0.1, 0.15) is 29.0 Å². The second-order valence-corrected chi connectivity index (χ2v) is 20.8. The lowest BCUT2D eigenvalue weighted by Crippen LogP contribution is -2.50. The van der Waals surface area contributed by atoms with E-state index in [1.807, 2.05) is 52.0 Å². The molecule has 3 aromatic carbocycles. The zero-order chi connectivity index (χ0) is 48.9. The summed E-state index contributed by atoms with van der Waals surface area (Å²) < 4.78 is 63.4. The number of β-amino-alcohol motifs (C(OH)–C–C–N with tert-alkyl or cyclic N) is 1. The minimum Gasteiger partial charge on any atom is -0.494 e. The number of amides is 2. The summed E-state index contributed by atoms with van der Waals surface area (Å²) in [5.41, 5.74) is 3.99. The van der Waals surface area contributed by atoms with Crippen molar-refractivity contribution in [3.8, 4) is 27.3 Å². The number of hydrogen-bond donors (Lipinski definition) is 4. The molecule has 1 aliphatic rings. The highest BCUT2D eigenvalue weighted by Crippen LogP contribution is 2.35. The molecular formula is C50H54F2N6O8S2. The predicted octanol–water partition coefficient (Wildman–Crippen LogP) is 8.38. The van der Waals surface area contributed by atoms with Crippen LogP contribution in [0, 0.1) is 29.9 Å². The van der Waals surface area contributed by atoms with Crippen molar-refractivity contribution in [2.45, 2.75) is 85.4 Å². The third-order valence-corrected chi connectivity index (χ3v) is 14.4. The number of H-pyrrole nitrogens is 1. The van der Waals surface area contributed by atoms with Crippen LogP contribution in [0.2, 0.25) is 0 Å². The fourth-order valence-electron chi connectivity index (χ4n) is 8.29. The summed E-state index contributed by atoms with van der Waals surface area (Å²) in [6, 6.07) is 17.4. The van der Waals surface area contributed by atoms with Gasteiger partial charge in [-0.25, -0.2) is 27.2 Å². The number of benzene rings is 3. The summed E-state index contributed by atoms with van der Waals surface area (Å²) in [6.45, 7) is 9.63. The van der Waals surface area contributed by atoms with Crippen molar-refractivity contribution < 1.29 is 46.2 Å². The van der Waals surface area contributed by atoms with Gasteiger partial charge in [-0.3, -0.25) is 23.9 Å². The number of aliphatic hydroxyl groups is 1. The number of pyridine rings is 1. The topological polar surface area (TPSA) is 201 Å². The van der Waals surface area contributed by atoms with Crippen LogP contribution in [0.1, 0.15) is 87.0 Å². The van der Waals surface area contributed by atoms with Gasteiger partial charge in [0, 0.05) is 67.2 Å². The number of fused-ring (bicyclic) bond motifs is 1. The number of sulfonamides is 1. The Morgan fingerprint density at radius 1 is 1.01 bits per heavy atom. The lowest BCUT2D eigenvalue weighted by Gasteiger charge is -2.34. The van der Waals surface area contributed by atoms with Gasteiger partial charge in [-0.15, -0.1) is 11.3 Å². The highest BCUT2D eigenvalue weighted by atomic mass is 32.2. The minimum absolute atomic E-state index is 0.0106. The molecule has 0 unspecified atom stereocenters. The maximum Gasteiger partial charge on any atom is 0.243 e. The van der Waals surface area contributed by atoms with Crippen molar-refractivity contribution >= 4 is 61.5 Å². The van der Waals surface area contributed by atoms with E-state index in [9.17, 15) is 32.7 Å². The van der Waals surface area contributed by atoms with Crippen LogP contribution in [0.15, 0.2) is 84.6 Å². The first-order chi connectivity index (χ1) is 32.3. The fourth-order valence-corrected chi connectivity index (χ4v) is 10.2. The van der Waals surface area contributed by atoms with Crippen LogP contribution in [0.3, 0.4) is 0 Å². The average molecular weight is 969 g/mol. The second-order valence-electron chi connectivity index (χ2n) is 18.1. The number of likely N-dealkylation sites (tertiary alicyclic amines) is 1. The molecule has 4 N–H and O–H groups in total. The minimum atomic E-state index is -3.93. The Bertz CT molecular complexity index is 2950. The van der Waals surface area contributed by atoms with Crippen molar-refractivity contribution in [3.63, 3.8) is 0 Å². The SMILES string of the molecule is CCCS(=O)(=O)Nc1ccc(F)c(C(=O)c2c[nH]c3ncc(-c4cccc(OCCCC(=O)C[C@H](C(=O)N5C[C@H](O)C[C@H]5C(=O)NCc5ccc(-c6scnc6C)cc5)C(C)(C)C)c4)cc23)c1F. The molecule has 0 aliphatic carbocycles. The third kappa shape index (κ3) is 11.5. The van der Waals surface area contributed by atoms with E-state index in [1.54, 1.807) is 60.3 Å². The number of nitrogens with zero attached hydrogens (tertiary/aromatic N) is 3. The van der Waals surface area contributed by atoms with E-state index in [2.05, 4.69) is 25.0 Å². The first kappa shape index (κ1) is 49.5. The number of carbonyl (C=O) groups excluding carboxylic acids is 4. The zero-order valence-electron chi connectivity index (χ0n) is 38.4. The van der Waals surface area contributed by atoms with Crippen molar-refractivity contribution in [1.82, 2.24) is 25.2 Å². The van der Waals surface area contributed by atoms with Gasteiger partial charge in [0.2, 0.25) is 27.6 Å². The quantitative estimate of drug-likeness (QED) is 0.0452. The Labute approximate surface area is 397 Å². The molecule has 0 saturated carbocycles. The molecule has 4 heterocycles. The molecule has 6 aromatic rings. The molecule has 1 saturated heterocycles. The third-order valence-electron chi connectivity index (χ3n) is 11.9. The molecule has 0 bridgehead atoms. The molecule has 7 rings (SSSR count). The summed E-state index contributed by atoms with van der Waals surface area (Å²) in [4.78, 5) is 68.8. The van der Waals surface area contributed by atoms with Crippen LogP contribution in [-0.2, 0) is 31.0 Å². The lowest BCUT2D eigenvalue weighted by molar-refractivity contribution is -0.146. The summed E-state index contributed by atoms with van der Waals surface area (Å²) in [6.07, 6.45) is 2.76. The van der Waals surface area contributed by atoms with Gasteiger partial charge in [-0.05, 0) is 72.2 Å². The van der Waals surface area contributed by atoms with Gasteiger partial charge in [-0.1, -0.05) is 64.1 Å². The van der Waals surface area contributed by atoms with Crippen LogP contribution in [0.4, 0.5) is 14.5 Å². The first-order valence-corrected chi connectivity index (χ1v) is 24.9. The number of halogens is 2. The highest BCUT2D eigenvalue weighted by Gasteiger charge is 2.44. The smallest absolute Gasteiger partial charge is 0.243 e. The summed E-state index contributed by atoms with van der Waals surface area (Å²) in [7, 11) is -3.93. The number of aliphatic hydroxyl groups excluding tert-OH is 1. The lowest BCUT2D eigenvalue weighted by atomic mass is 9.76. The molecule has 2 amide bonds. The van der Waals surface area contributed by atoms with Crippen LogP contribution < -0.4 is 14.8 Å². The van der Waals surface area contributed by atoms with Gasteiger partial charge < -0.3 is 25.0 Å². The predicted molar refractivity (Wildman–Crippen MR) is 257 cm³/mol. The van der Waals surface area contributed by atoms with Crippen LogP contribution in [0.5, 0.6) is 5.75 Å². The number of carbonyl (C=O) groups is 4. The Hall–Kier alpha value is -6.37. The first-order valence-electron chi connectivity index (χ1n) is 22.3. The number of ketones is 2. The maximum absolute atomic E-state index is 15.6. The monoisotopic (exact) mass is 968 g/mol. The van der Waals surface area contributed by atoms with Crippen molar-refractivity contribution in [1.29, 1.82) is 0 Å². The molecule has 3 aromatic heterocycles. The molecule has 1 fully saturated rings. The number of thiazole rings is 1. The number of aromatic nitrogens is 3. The molecule has 14 nitrogen and oxygen atoms in total. The van der Waals surface area contributed by atoms with E-state index in [-0.39, 0.29) is 85.3 Å². The number of nitrogens with one attached hydrogen (secondary N) is 3. The number of hydrogen-bond acceptors (Lipinski definition) is 11. The fraction of sp³-hybridized carbons (Fsp3) is 0.360. The normalized spacial score (nSPS) is 15.6. The molecule has 18 heteroatoms. The molecule has 358 valence electrons. The Morgan fingerprint density at radius 2 is 1.78 bits per heavy atom. The van der Waals surface area contributed by atoms with E-state index in [4.69, 9.17) is 4.74 Å². The standard InChI is InChI=1S/C50H54F2N6O8S2/c1-6-19-68(64,65)57-41-17-16-40(51)43(44(41)52)45(61)38-26-54-47-37(38)21-33(25-53-47)32-9-7-11-36(20-32)66-18-8-10-34(59)22-39(50(3,4)5)49(63)58-27-35(60)23-42(58)48(62)55-24-30-12-14-31(15-13-30)46-29(2)56-28-67-46/h7,9,11-17,20-21,25-26,28,35,39,42,57,60H,6,8,10,18-19,22-24,27H2,1-5H3,(H,53,54)(H,55,62)/t35-,39-,42+/m1/s1. The van der Waals surface area contributed by atoms with E-state index in [0.717, 1.165) is 33.8 Å². The van der Waals surface area contributed by atoms with Gasteiger partial charge in [0.15, 0.2) is 5.82 Å². The molecular weight excluding hydrogens is 915 g/mol. The zero-order valence-corrected chi connectivity index (χ0v) is 40.0. The van der Waals surface area contributed by atoms with E-state index < -0.39 is 62.2 Å². The number of aromatic amines is 1. The van der Waals surface area contributed by atoms with Crippen LogP contribution in [-0.4, -0.2) is 87.8 Å². The van der Waals surface area contributed by atoms with E-state index >= 15 is 8.78 Å². The van der Waals surface area contributed by atoms with Crippen LogP contribution >= 0.6 is 11.3 Å². The summed E-state index contributed by atoms with van der Waals surface area (Å²) in [5, 5.41) is 13.8. The molecule has 0 radical (unpaired) electrons. The number of ether oxygens (including phenoxy) is 1. The van der Waals surface area contributed by atoms with Gasteiger partial charge in [0.05, 0.1) is 45.8 Å². The number of anilines is 1. The second kappa shape index (κ2) is 20.9. The van der Waals surface area contributed by atoms with Crippen molar-refractivity contribution in [3.05, 3.63) is 119 Å². The Kier molecular flexibility index (Phi) is 15.2. The molecule has 68 heavy (non-hydrogen) atoms. The summed E-state index contributed by atoms with van der Waals surface area (Å²) >= 11 is 1.56. The molecule has 3 atom stereocenters. The number of aryl methyl sites for hydroxylation is 1. The van der Waals surface area contributed by atoms with E-state index in [1.165, 1.54) is 11.1 Å². The summed E-state index contributed by atoms with van der Waals surface area (Å²) in [5.74, 6) is -4.93. The van der Waals surface area contributed by atoms with Crippen LogP contribution in [0.25, 0.3) is 32.6 Å². The highest BCUT2D eigenvalue weighted by molar-refractivity contribution is 7.92.